The van der Waals surface area contributed by atoms with E-state index in [2.05, 4.69) is 5.32 Å². The average Bonchev–Trinajstić information content (AvgIpc) is 2.68. The predicted molar refractivity (Wildman–Crippen MR) is 107 cm³/mol. The van der Waals surface area contributed by atoms with Gasteiger partial charge in [-0.2, -0.15) is 4.31 Å². The summed E-state index contributed by atoms with van der Waals surface area (Å²) in [7, 11) is -2.08. The number of carbonyl (C=O) groups excluding carboxylic acids is 1. The Morgan fingerprint density at radius 3 is 2.33 bits per heavy atom. The van der Waals surface area contributed by atoms with E-state index in [0.717, 1.165) is 12.8 Å². The van der Waals surface area contributed by atoms with Gasteiger partial charge in [-0.1, -0.05) is 26.0 Å². The number of anilines is 1. The Kier molecular flexibility index (Phi) is 7.38. The van der Waals surface area contributed by atoms with Gasteiger partial charge < -0.3 is 10.1 Å². The van der Waals surface area contributed by atoms with Crippen molar-refractivity contribution < 1.29 is 17.9 Å². The van der Waals surface area contributed by atoms with Crippen LogP contribution in [0.1, 0.15) is 37.0 Å². The molecule has 2 aromatic carbocycles. The van der Waals surface area contributed by atoms with E-state index < -0.39 is 10.0 Å². The van der Waals surface area contributed by atoms with Crippen LogP contribution in [-0.2, 0) is 10.0 Å². The fourth-order valence-electron chi connectivity index (χ4n) is 2.70. The van der Waals surface area contributed by atoms with E-state index in [-0.39, 0.29) is 16.4 Å². The number of methoxy groups -OCH3 is 1. The Balaban J connectivity index is 2.26. The fourth-order valence-corrected chi connectivity index (χ4v) is 4.37. The molecule has 27 heavy (non-hydrogen) atoms. The highest BCUT2D eigenvalue weighted by molar-refractivity contribution is 7.89. The number of nitrogens with zero attached hydrogens (tertiary/aromatic N) is 1. The zero-order chi connectivity index (χ0) is 19.9. The first-order valence-corrected chi connectivity index (χ1v) is 10.4. The van der Waals surface area contributed by atoms with Gasteiger partial charge in [0.05, 0.1) is 12.0 Å². The van der Waals surface area contributed by atoms with Crippen LogP contribution in [0.5, 0.6) is 5.75 Å². The number of amides is 1. The van der Waals surface area contributed by atoms with Gasteiger partial charge >= 0.3 is 0 Å². The van der Waals surface area contributed by atoms with Crippen molar-refractivity contribution in [3.63, 3.8) is 0 Å². The quantitative estimate of drug-likeness (QED) is 0.707. The minimum atomic E-state index is -3.63. The fraction of sp³-hybridized carbons (Fsp3) is 0.350. The highest BCUT2D eigenvalue weighted by atomic mass is 32.2. The van der Waals surface area contributed by atoms with Crippen LogP contribution in [0.25, 0.3) is 0 Å². The minimum Gasteiger partial charge on any atom is -0.497 e. The second-order valence-electron chi connectivity index (χ2n) is 6.12. The summed E-state index contributed by atoms with van der Waals surface area (Å²) in [5.74, 6) is 0.247. The standard InChI is InChI=1S/C20H26N2O4S/c1-4-12-22(13-5-2)27(24,25)19-11-6-8-16(14-19)20(23)21-17-9-7-10-18(15-17)26-3/h6-11,14-15H,4-5,12-13H2,1-3H3,(H,21,23). The summed E-state index contributed by atoms with van der Waals surface area (Å²) in [6.45, 7) is 4.79. The van der Waals surface area contributed by atoms with Gasteiger partial charge in [-0.15, -0.1) is 0 Å². The molecule has 0 spiro atoms. The normalized spacial score (nSPS) is 11.4. The Bertz CT molecular complexity index is 875. The van der Waals surface area contributed by atoms with Crippen LogP contribution in [0, 0.1) is 0 Å². The molecule has 2 aromatic rings. The molecule has 0 atom stereocenters. The highest BCUT2D eigenvalue weighted by Gasteiger charge is 2.24. The molecule has 0 aliphatic carbocycles. The van der Waals surface area contributed by atoms with Crippen molar-refractivity contribution in [1.29, 1.82) is 0 Å². The number of hydrogen-bond donors (Lipinski definition) is 1. The molecule has 7 heteroatoms. The van der Waals surface area contributed by atoms with Crippen molar-refractivity contribution in [2.45, 2.75) is 31.6 Å². The highest BCUT2D eigenvalue weighted by Crippen LogP contribution is 2.20. The summed E-state index contributed by atoms with van der Waals surface area (Å²) < 4.78 is 32.4. The first kappa shape index (κ1) is 20.9. The van der Waals surface area contributed by atoms with Gasteiger partial charge in [-0.25, -0.2) is 8.42 Å². The lowest BCUT2D eigenvalue weighted by Gasteiger charge is -2.21. The van der Waals surface area contributed by atoms with Gasteiger partial charge in [-0.3, -0.25) is 4.79 Å². The van der Waals surface area contributed by atoms with Crippen molar-refractivity contribution in [3.05, 3.63) is 54.1 Å². The second-order valence-corrected chi connectivity index (χ2v) is 8.06. The number of rotatable bonds is 9. The molecule has 0 unspecified atom stereocenters. The molecule has 0 bridgehead atoms. The number of hydrogen-bond acceptors (Lipinski definition) is 4. The molecule has 1 N–H and O–H groups in total. The van der Waals surface area contributed by atoms with E-state index in [4.69, 9.17) is 4.74 Å². The Morgan fingerprint density at radius 1 is 1.04 bits per heavy atom. The first-order chi connectivity index (χ1) is 12.9. The number of sulfonamides is 1. The van der Waals surface area contributed by atoms with Gasteiger partial charge in [0.2, 0.25) is 10.0 Å². The van der Waals surface area contributed by atoms with E-state index >= 15 is 0 Å². The van der Waals surface area contributed by atoms with Crippen LogP contribution in [0.4, 0.5) is 5.69 Å². The van der Waals surface area contributed by atoms with Gasteiger partial charge in [0.15, 0.2) is 0 Å². The van der Waals surface area contributed by atoms with Gasteiger partial charge in [-0.05, 0) is 43.2 Å². The SMILES string of the molecule is CCCN(CCC)S(=O)(=O)c1cccc(C(=O)Nc2cccc(OC)c2)c1. The minimum absolute atomic E-state index is 0.127. The molecular formula is C20H26N2O4S. The van der Waals surface area contributed by atoms with Crippen LogP contribution in [0.15, 0.2) is 53.4 Å². The van der Waals surface area contributed by atoms with Crippen molar-refractivity contribution in [2.24, 2.45) is 0 Å². The van der Waals surface area contributed by atoms with Crippen LogP contribution >= 0.6 is 0 Å². The average molecular weight is 391 g/mol. The van der Waals surface area contributed by atoms with E-state index in [9.17, 15) is 13.2 Å². The zero-order valence-electron chi connectivity index (χ0n) is 15.9. The summed E-state index contributed by atoms with van der Waals surface area (Å²) in [5, 5.41) is 2.76. The molecular weight excluding hydrogens is 364 g/mol. The van der Waals surface area contributed by atoms with Crippen LogP contribution in [0.3, 0.4) is 0 Å². The van der Waals surface area contributed by atoms with Gasteiger partial charge in [0.25, 0.3) is 5.91 Å². The smallest absolute Gasteiger partial charge is 0.255 e. The third-order valence-corrected chi connectivity index (χ3v) is 5.90. The molecule has 0 saturated heterocycles. The van der Waals surface area contributed by atoms with Gasteiger partial charge in [0, 0.05) is 30.4 Å². The first-order valence-electron chi connectivity index (χ1n) is 8.98. The summed E-state index contributed by atoms with van der Waals surface area (Å²) in [6.07, 6.45) is 1.46. The summed E-state index contributed by atoms with van der Waals surface area (Å²) in [6, 6.07) is 13.1. The lowest BCUT2D eigenvalue weighted by atomic mass is 10.2. The maximum absolute atomic E-state index is 12.9. The van der Waals surface area contributed by atoms with E-state index in [0.29, 0.717) is 24.5 Å². The van der Waals surface area contributed by atoms with E-state index in [1.54, 1.807) is 43.5 Å². The summed E-state index contributed by atoms with van der Waals surface area (Å²) in [5.41, 5.74) is 0.859. The topological polar surface area (TPSA) is 75.7 Å². The Hall–Kier alpha value is -2.38. The maximum Gasteiger partial charge on any atom is 0.255 e. The molecule has 0 heterocycles. The maximum atomic E-state index is 12.9. The molecule has 0 aliphatic rings. The molecule has 146 valence electrons. The van der Waals surface area contributed by atoms with Crippen LogP contribution in [-0.4, -0.2) is 38.8 Å². The molecule has 1 amide bonds. The zero-order valence-corrected chi connectivity index (χ0v) is 16.8. The largest absolute Gasteiger partial charge is 0.497 e. The van der Waals surface area contributed by atoms with Gasteiger partial charge in [0.1, 0.15) is 5.75 Å². The molecule has 0 aromatic heterocycles. The number of benzene rings is 2. The molecule has 0 aliphatic heterocycles. The van der Waals surface area contributed by atoms with Crippen LogP contribution in [0.2, 0.25) is 0 Å². The number of nitrogens with one attached hydrogen (secondary N) is 1. The molecule has 0 saturated carbocycles. The van der Waals surface area contributed by atoms with Crippen LogP contribution < -0.4 is 10.1 Å². The third kappa shape index (κ3) is 5.30. The van der Waals surface area contributed by atoms with Crippen molar-refractivity contribution in [3.8, 4) is 5.75 Å². The monoisotopic (exact) mass is 390 g/mol. The lowest BCUT2D eigenvalue weighted by Crippen LogP contribution is -2.32. The summed E-state index contributed by atoms with van der Waals surface area (Å²) >= 11 is 0. The molecule has 6 nitrogen and oxygen atoms in total. The van der Waals surface area contributed by atoms with Crippen molar-refractivity contribution >= 4 is 21.6 Å². The number of carbonyl (C=O) groups is 1. The van der Waals surface area contributed by atoms with Crippen molar-refractivity contribution in [1.82, 2.24) is 4.31 Å². The van der Waals surface area contributed by atoms with E-state index in [1.807, 2.05) is 13.8 Å². The predicted octanol–water partition coefficient (Wildman–Crippen LogP) is 3.76. The molecule has 0 radical (unpaired) electrons. The second kappa shape index (κ2) is 9.53. The Labute approximate surface area is 161 Å². The van der Waals surface area contributed by atoms with Crippen molar-refractivity contribution in [2.75, 3.05) is 25.5 Å². The Morgan fingerprint density at radius 2 is 1.70 bits per heavy atom. The molecule has 2 rings (SSSR count). The third-order valence-electron chi connectivity index (χ3n) is 4.01. The van der Waals surface area contributed by atoms with E-state index in [1.165, 1.54) is 16.4 Å². The summed E-state index contributed by atoms with van der Waals surface area (Å²) in [4.78, 5) is 12.7. The molecule has 0 fully saturated rings. The lowest BCUT2D eigenvalue weighted by molar-refractivity contribution is 0.102. The number of ether oxygens (including phenoxy) is 1.